The molecule has 0 radical (unpaired) electrons. The van der Waals surface area contributed by atoms with Crippen molar-refractivity contribution in [1.29, 1.82) is 0 Å². The Morgan fingerprint density at radius 1 is 1.00 bits per heavy atom. The van der Waals surface area contributed by atoms with Crippen LogP contribution in [0.1, 0.15) is 10.4 Å². The number of carboxylic acids is 1. The maximum absolute atomic E-state index is 14.1. The molecule has 0 spiro atoms. The molecular weight excluding hydrogens is 370 g/mol. The number of carbonyl (C=O) groups is 1. The molecule has 11 heteroatoms. The van der Waals surface area contributed by atoms with Crippen LogP contribution in [0.2, 0.25) is 0 Å². The van der Waals surface area contributed by atoms with Crippen LogP contribution in [0.3, 0.4) is 0 Å². The Hall–Kier alpha value is -2.82. The summed E-state index contributed by atoms with van der Waals surface area (Å²) in [4.78, 5) is 8.87. The number of rotatable bonds is 5. The lowest BCUT2D eigenvalue weighted by Crippen LogP contribution is -2.21. The fraction of sp³-hybridized carbons (Fsp3) is 0.0714. The van der Waals surface area contributed by atoms with Crippen LogP contribution in [0.25, 0.3) is 0 Å². The second kappa shape index (κ2) is 6.59. The van der Waals surface area contributed by atoms with Gasteiger partial charge in [0, 0.05) is 5.69 Å². The number of nitrogens with one attached hydrogen (secondary N) is 1. The highest BCUT2D eigenvalue weighted by atomic mass is 32.2. The smallest absolute Gasteiger partial charge is 0.341 e. The number of carboxylic acid groups (broad SMARTS) is 1. The van der Waals surface area contributed by atoms with Gasteiger partial charge >= 0.3 is 5.97 Å². The maximum atomic E-state index is 14.1. The summed E-state index contributed by atoms with van der Waals surface area (Å²) in [6.07, 6.45) is 0. The van der Waals surface area contributed by atoms with Crippen molar-refractivity contribution in [3.8, 4) is 5.75 Å². The van der Waals surface area contributed by atoms with Gasteiger partial charge in [0.2, 0.25) is 0 Å². The summed E-state index contributed by atoms with van der Waals surface area (Å²) in [6, 6.07) is 4.98. The molecule has 0 aliphatic rings. The quantitative estimate of drug-likeness (QED) is 0.473. The number of hydrogen-bond acceptors (Lipinski definition) is 4. The Balaban J connectivity index is 2.60. The highest BCUT2D eigenvalue weighted by Gasteiger charge is 2.35. The van der Waals surface area contributed by atoms with Gasteiger partial charge < -0.3 is 9.84 Å². The number of aromatic carboxylic acids is 1. The molecule has 0 atom stereocenters. The summed E-state index contributed by atoms with van der Waals surface area (Å²) in [5.41, 5.74) is -2.10. The molecule has 0 aliphatic carbocycles. The molecular formula is C14H9F4NO5S. The van der Waals surface area contributed by atoms with Crippen LogP contribution < -0.4 is 9.46 Å². The van der Waals surface area contributed by atoms with Crippen molar-refractivity contribution < 1.29 is 40.6 Å². The molecule has 134 valence electrons. The van der Waals surface area contributed by atoms with Crippen molar-refractivity contribution in [1.82, 2.24) is 0 Å². The Bertz CT molecular complexity index is 945. The number of hydrogen-bond donors (Lipinski definition) is 2. The molecule has 2 N–H and O–H groups in total. The summed E-state index contributed by atoms with van der Waals surface area (Å²) >= 11 is 0. The second-order valence-electron chi connectivity index (χ2n) is 4.60. The largest absolute Gasteiger partial charge is 0.497 e. The van der Waals surface area contributed by atoms with Crippen LogP contribution in [0.5, 0.6) is 5.75 Å². The SMILES string of the molecule is COc1ccc(NS(=O)(=O)c2c(F)c(F)c(F)c(C(=O)O)c2F)cc1. The summed E-state index contributed by atoms with van der Waals surface area (Å²) in [7, 11) is -3.75. The van der Waals surface area contributed by atoms with E-state index in [4.69, 9.17) is 9.84 Å². The highest BCUT2D eigenvalue weighted by Crippen LogP contribution is 2.29. The van der Waals surface area contributed by atoms with E-state index >= 15 is 0 Å². The molecule has 0 saturated carbocycles. The van der Waals surface area contributed by atoms with Crippen LogP contribution >= 0.6 is 0 Å². The molecule has 0 saturated heterocycles. The lowest BCUT2D eigenvalue weighted by molar-refractivity contribution is 0.0683. The number of anilines is 1. The Morgan fingerprint density at radius 2 is 1.56 bits per heavy atom. The van der Waals surface area contributed by atoms with Gasteiger partial charge in [0.15, 0.2) is 28.2 Å². The fourth-order valence-electron chi connectivity index (χ4n) is 1.90. The third kappa shape index (κ3) is 3.36. The van der Waals surface area contributed by atoms with Crippen molar-refractivity contribution in [2.45, 2.75) is 4.90 Å². The van der Waals surface area contributed by atoms with E-state index in [0.29, 0.717) is 5.75 Å². The van der Waals surface area contributed by atoms with Gasteiger partial charge in [-0.3, -0.25) is 4.72 Å². The molecule has 2 aromatic rings. The van der Waals surface area contributed by atoms with Crippen molar-refractivity contribution in [3.05, 3.63) is 53.1 Å². The fourth-order valence-corrected chi connectivity index (χ4v) is 3.11. The number of sulfonamides is 1. The van der Waals surface area contributed by atoms with Gasteiger partial charge in [0.05, 0.1) is 7.11 Å². The predicted molar refractivity (Wildman–Crippen MR) is 77.0 cm³/mol. The number of halogens is 4. The Labute approximate surface area is 138 Å². The van der Waals surface area contributed by atoms with Gasteiger partial charge in [-0.25, -0.2) is 30.8 Å². The summed E-state index contributed by atoms with van der Waals surface area (Å²) in [5.74, 6) is -11.3. The first-order valence-electron chi connectivity index (χ1n) is 6.36. The average Bonchev–Trinajstić information content (AvgIpc) is 2.52. The minimum Gasteiger partial charge on any atom is -0.497 e. The third-order valence-electron chi connectivity index (χ3n) is 3.05. The minimum absolute atomic E-state index is 0.179. The molecule has 25 heavy (non-hydrogen) atoms. The maximum Gasteiger partial charge on any atom is 0.341 e. The van der Waals surface area contributed by atoms with E-state index in [2.05, 4.69) is 0 Å². The molecule has 2 aromatic carbocycles. The van der Waals surface area contributed by atoms with E-state index in [0.717, 1.165) is 0 Å². The van der Waals surface area contributed by atoms with E-state index in [-0.39, 0.29) is 5.69 Å². The predicted octanol–water partition coefficient (Wildman–Crippen LogP) is 2.75. The Morgan fingerprint density at radius 3 is 2.04 bits per heavy atom. The molecule has 0 heterocycles. The molecule has 0 bridgehead atoms. The lowest BCUT2D eigenvalue weighted by Gasteiger charge is -2.12. The van der Waals surface area contributed by atoms with Crippen LogP contribution in [-0.2, 0) is 10.0 Å². The molecule has 0 amide bonds. The van der Waals surface area contributed by atoms with E-state index in [9.17, 15) is 30.8 Å². The first-order chi connectivity index (χ1) is 11.6. The molecule has 0 aliphatic heterocycles. The summed E-state index contributed by atoms with van der Waals surface area (Å²) in [5, 5.41) is 8.70. The van der Waals surface area contributed by atoms with Crippen LogP contribution in [0.15, 0.2) is 29.2 Å². The van der Waals surface area contributed by atoms with Crippen molar-refractivity contribution >= 4 is 21.7 Å². The zero-order valence-electron chi connectivity index (χ0n) is 12.3. The third-order valence-corrected chi connectivity index (χ3v) is 4.45. The van der Waals surface area contributed by atoms with Gasteiger partial charge in [0.1, 0.15) is 11.3 Å². The lowest BCUT2D eigenvalue weighted by atomic mass is 10.2. The van der Waals surface area contributed by atoms with E-state index in [1.54, 1.807) is 4.72 Å². The number of benzene rings is 2. The molecule has 0 fully saturated rings. The van der Waals surface area contributed by atoms with Crippen LogP contribution in [0, 0.1) is 23.3 Å². The highest BCUT2D eigenvalue weighted by molar-refractivity contribution is 7.92. The van der Waals surface area contributed by atoms with Crippen LogP contribution in [0.4, 0.5) is 23.2 Å². The van der Waals surface area contributed by atoms with Gasteiger partial charge in [-0.2, -0.15) is 0 Å². The topological polar surface area (TPSA) is 92.7 Å². The average molecular weight is 379 g/mol. The minimum atomic E-state index is -5.10. The van der Waals surface area contributed by atoms with Gasteiger partial charge in [-0.15, -0.1) is 0 Å². The first-order valence-corrected chi connectivity index (χ1v) is 7.84. The summed E-state index contributed by atoms with van der Waals surface area (Å²) < 4.78 is 85.6. The Kier molecular flexibility index (Phi) is 4.88. The van der Waals surface area contributed by atoms with Crippen molar-refractivity contribution in [3.63, 3.8) is 0 Å². The zero-order chi connectivity index (χ0) is 18.9. The normalized spacial score (nSPS) is 11.2. The standard InChI is InChI=1S/C14H9F4NO5S/c1-24-7-4-2-6(3-5-7)19-25(22,23)13-10(16)8(14(20)21)9(15)11(17)12(13)18/h2-5,19H,1H3,(H,20,21). The molecule has 0 aromatic heterocycles. The second-order valence-corrected chi connectivity index (χ2v) is 6.22. The van der Waals surface area contributed by atoms with Gasteiger partial charge in [-0.1, -0.05) is 0 Å². The molecule has 6 nitrogen and oxygen atoms in total. The van der Waals surface area contributed by atoms with Crippen LogP contribution in [-0.4, -0.2) is 26.6 Å². The molecule has 0 unspecified atom stereocenters. The van der Waals surface area contributed by atoms with E-state index < -0.39 is 49.7 Å². The zero-order valence-corrected chi connectivity index (χ0v) is 13.1. The number of ether oxygens (including phenoxy) is 1. The van der Waals surface area contributed by atoms with Crippen molar-refractivity contribution in [2.75, 3.05) is 11.8 Å². The number of methoxy groups -OCH3 is 1. The van der Waals surface area contributed by atoms with E-state index in [1.165, 1.54) is 31.4 Å². The first kappa shape index (κ1) is 18.5. The van der Waals surface area contributed by atoms with Gasteiger partial charge in [0.25, 0.3) is 10.0 Å². The van der Waals surface area contributed by atoms with E-state index in [1.807, 2.05) is 0 Å². The van der Waals surface area contributed by atoms with Gasteiger partial charge in [-0.05, 0) is 24.3 Å². The monoisotopic (exact) mass is 379 g/mol. The van der Waals surface area contributed by atoms with Crippen molar-refractivity contribution in [2.24, 2.45) is 0 Å². The molecule has 2 rings (SSSR count). The summed E-state index contributed by atoms with van der Waals surface area (Å²) in [6.45, 7) is 0.